The van der Waals surface area contributed by atoms with Gasteiger partial charge in [-0.25, -0.2) is 4.98 Å². The molecule has 1 aliphatic rings. The number of benzene rings is 1. The first-order chi connectivity index (χ1) is 13.1. The molecule has 0 aliphatic heterocycles. The summed E-state index contributed by atoms with van der Waals surface area (Å²) in [7, 11) is 3.36. The standard InChI is InChI=1S/C19H21F3N4O2/c1-26(2)17-23-14(11-15(27)24-17)16(28)25-18(9-3-4-10-18)12-5-7-13(8-6-12)19(20,21)22/h5-8,11H,3-4,9-10H2,1-2H3,(H,25,28)(H,23,24,27). The van der Waals surface area contributed by atoms with Crippen LogP contribution in [0.4, 0.5) is 19.1 Å². The fraction of sp³-hybridized carbons (Fsp3) is 0.421. The van der Waals surface area contributed by atoms with Crippen molar-refractivity contribution < 1.29 is 18.0 Å². The molecule has 3 rings (SSSR count). The van der Waals surface area contributed by atoms with E-state index < -0.39 is 28.7 Å². The van der Waals surface area contributed by atoms with Gasteiger partial charge in [0.25, 0.3) is 11.5 Å². The molecule has 0 spiro atoms. The van der Waals surface area contributed by atoms with E-state index in [1.165, 1.54) is 12.1 Å². The van der Waals surface area contributed by atoms with Crippen molar-refractivity contribution >= 4 is 11.9 Å². The van der Waals surface area contributed by atoms with Crippen LogP contribution in [0.1, 0.15) is 47.3 Å². The van der Waals surface area contributed by atoms with Gasteiger partial charge in [-0.1, -0.05) is 25.0 Å². The van der Waals surface area contributed by atoms with Gasteiger partial charge in [0.15, 0.2) is 0 Å². The van der Waals surface area contributed by atoms with E-state index in [1.807, 2.05) is 0 Å². The molecule has 0 saturated heterocycles. The van der Waals surface area contributed by atoms with E-state index in [9.17, 15) is 22.8 Å². The lowest BCUT2D eigenvalue weighted by atomic mass is 9.87. The molecule has 1 heterocycles. The summed E-state index contributed by atoms with van der Waals surface area (Å²) in [6, 6.07) is 5.97. The lowest BCUT2D eigenvalue weighted by Gasteiger charge is -2.31. The van der Waals surface area contributed by atoms with E-state index in [4.69, 9.17) is 0 Å². The maximum Gasteiger partial charge on any atom is 0.416 e. The normalized spacial score (nSPS) is 16.0. The number of halogens is 3. The molecule has 6 nitrogen and oxygen atoms in total. The van der Waals surface area contributed by atoms with Gasteiger partial charge in [0.2, 0.25) is 5.95 Å². The number of carbonyl (C=O) groups excluding carboxylic acids is 1. The monoisotopic (exact) mass is 394 g/mol. The molecule has 1 fully saturated rings. The number of amides is 1. The Balaban J connectivity index is 1.91. The number of carbonyl (C=O) groups is 1. The third-order valence-electron chi connectivity index (χ3n) is 4.96. The van der Waals surface area contributed by atoms with E-state index >= 15 is 0 Å². The number of rotatable bonds is 4. The number of aromatic nitrogens is 2. The number of nitrogens with zero attached hydrogens (tertiary/aromatic N) is 2. The summed E-state index contributed by atoms with van der Waals surface area (Å²) in [5.74, 6) is -0.288. The maximum atomic E-state index is 12.9. The minimum atomic E-state index is -4.41. The van der Waals surface area contributed by atoms with Gasteiger partial charge in [0.05, 0.1) is 11.1 Å². The molecule has 0 radical (unpaired) electrons. The minimum absolute atomic E-state index is 0.0364. The number of H-pyrrole nitrogens is 1. The summed E-state index contributed by atoms with van der Waals surface area (Å²) < 4.78 is 38.6. The summed E-state index contributed by atoms with van der Waals surface area (Å²) in [5, 5.41) is 2.92. The second-order valence-electron chi connectivity index (χ2n) is 7.17. The van der Waals surface area contributed by atoms with Crippen LogP contribution in [-0.4, -0.2) is 30.0 Å². The Labute approximate surface area is 159 Å². The fourth-order valence-electron chi connectivity index (χ4n) is 3.50. The molecular formula is C19H21F3N4O2. The molecule has 0 atom stereocenters. The quantitative estimate of drug-likeness (QED) is 0.836. The maximum absolute atomic E-state index is 12.9. The molecule has 28 heavy (non-hydrogen) atoms. The van der Waals surface area contributed by atoms with Crippen LogP contribution in [0.25, 0.3) is 0 Å². The topological polar surface area (TPSA) is 78.1 Å². The number of hydrogen-bond acceptors (Lipinski definition) is 4. The van der Waals surface area contributed by atoms with E-state index in [0.29, 0.717) is 18.4 Å². The second kappa shape index (κ2) is 7.29. The van der Waals surface area contributed by atoms with Gasteiger partial charge in [0, 0.05) is 20.2 Å². The van der Waals surface area contributed by atoms with Crippen LogP contribution in [0, 0.1) is 0 Å². The van der Waals surface area contributed by atoms with Crippen molar-refractivity contribution in [2.45, 2.75) is 37.4 Å². The molecule has 1 aromatic carbocycles. The second-order valence-corrected chi connectivity index (χ2v) is 7.17. The summed E-state index contributed by atoms with van der Waals surface area (Å²) >= 11 is 0. The average Bonchev–Trinajstić information content (AvgIpc) is 3.10. The zero-order chi connectivity index (χ0) is 20.5. The van der Waals surface area contributed by atoms with Crippen LogP contribution in [0.2, 0.25) is 0 Å². The number of aromatic amines is 1. The summed E-state index contributed by atoms with van der Waals surface area (Å²) in [6.45, 7) is 0. The van der Waals surface area contributed by atoms with Gasteiger partial charge in [-0.15, -0.1) is 0 Å². The highest BCUT2D eigenvalue weighted by molar-refractivity contribution is 5.93. The van der Waals surface area contributed by atoms with Crippen LogP contribution < -0.4 is 15.8 Å². The molecule has 1 amide bonds. The predicted molar refractivity (Wildman–Crippen MR) is 98.2 cm³/mol. The van der Waals surface area contributed by atoms with Crippen LogP contribution in [-0.2, 0) is 11.7 Å². The highest BCUT2D eigenvalue weighted by Crippen LogP contribution is 2.40. The lowest BCUT2D eigenvalue weighted by Crippen LogP contribution is -2.44. The smallest absolute Gasteiger partial charge is 0.348 e. The van der Waals surface area contributed by atoms with Gasteiger partial charge in [0.1, 0.15) is 5.69 Å². The molecule has 1 aliphatic carbocycles. The summed E-state index contributed by atoms with van der Waals surface area (Å²) in [6.07, 6.45) is -1.52. The minimum Gasteiger partial charge on any atom is -0.348 e. The Hall–Kier alpha value is -2.84. The fourth-order valence-corrected chi connectivity index (χ4v) is 3.50. The molecule has 9 heteroatoms. The van der Waals surface area contributed by atoms with Crippen LogP contribution in [0.3, 0.4) is 0 Å². The molecule has 2 aromatic rings. The molecular weight excluding hydrogens is 373 g/mol. The van der Waals surface area contributed by atoms with E-state index in [0.717, 1.165) is 31.0 Å². The average molecular weight is 394 g/mol. The van der Waals surface area contributed by atoms with Gasteiger partial charge in [-0.3, -0.25) is 14.6 Å². The molecule has 0 unspecified atom stereocenters. The van der Waals surface area contributed by atoms with E-state index in [2.05, 4.69) is 15.3 Å². The largest absolute Gasteiger partial charge is 0.416 e. The molecule has 1 aromatic heterocycles. The van der Waals surface area contributed by atoms with Gasteiger partial charge >= 0.3 is 6.18 Å². The third-order valence-corrected chi connectivity index (χ3v) is 4.96. The van der Waals surface area contributed by atoms with Crippen molar-refractivity contribution in [1.82, 2.24) is 15.3 Å². The first kappa shape index (κ1) is 19.9. The molecule has 2 N–H and O–H groups in total. The van der Waals surface area contributed by atoms with Crippen LogP contribution >= 0.6 is 0 Å². The SMILES string of the molecule is CN(C)c1nc(C(=O)NC2(c3ccc(C(F)(F)F)cc3)CCCC2)cc(=O)[nH]1. The van der Waals surface area contributed by atoms with Gasteiger partial charge < -0.3 is 10.2 Å². The third kappa shape index (κ3) is 4.02. The highest BCUT2D eigenvalue weighted by atomic mass is 19.4. The van der Waals surface area contributed by atoms with Crippen molar-refractivity contribution in [2.24, 2.45) is 0 Å². The predicted octanol–water partition coefficient (Wildman–Crippen LogP) is 3.05. The first-order valence-electron chi connectivity index (χ1n) is 8.90. The number of hydrogen-bond donors (Lipinski definition) is 2. The lowest BCUT2D eigenvalue weighted by molar-refractivity contribution is -0.137. The first-order valence-corrected chi connectivity index (χ1v) is 8.90. The van der Waals surface area contributed by atoms with Crippen molar-refractivity contribution in [2.75, 3.05) is 19.0 Å². The summed E-state index contributed by atoms with van der Waals surface area (Å²) in [5.41, 5.74) is -1.39. The Bertz CT molecular complexity index is 914. The van der Waals surface area contributed by atoms with E-state index in [1.54, 1.807) is 19.0 Å². The Morgan fingerprint density at radius 2 is 1.79 bits per heavy atom. The summed E-state index contributed by atoms with van der Waals surface area (Å²) in [4.78, 5) is 32.9. The zero-order valence-corrected chi connectivity index (χ0v) is 15.6. The number of alkyl halides is 3. The van der Waals surface area contributed by atoms with Crippen molar-refractivity contribution in [3.8, 4) is 0 Å². The number of nitrogens with one attached hydrogen (secondary N) is 2. The van der Waals surface area contributed by atoms with E-state index in [-0.39, 0.29) is 11.6 Å². The molecule has 1 saturated carbocycles. The molecule has 0 bridgehead atoms. The molecule has 150 valence electrons. The van der Waals surface area contributed by atoms with Crippen LogP contribution in [0.5, 0.6) is 0 Å². The Kier molecular flexibility index (Phi) is 5.18. The Morgan fingerprint density at radius 1 is 1.18 bits per heavy atom. The van der Waals surface area contributed by atoms with Crippen LogP contribution in [0.15, 0.2) is 35.1 Å². The van der Waals surface area contributed by atoms with Gasteiger partial charge in [-0.05, 0) is 30.5 Å². The van der Waals surface area contributed by atoms with Crippen molar-refractivity contribution in [1.29, 1.82) is 0 Å². The van der Waals surface area contributed by atoms with Crippen molar-refractivity contribution in [3.05, 3.63) is 57.5 Å². The zero-order valence-electron chi connectivity index (χ0n) is 15.6. The Morgan fingerprint density at radius 3 is 2.32 bits per heavy atom. The van der Waals surface area contributed by atoms with Gasteiger partial charge in [-0.2, -0.15) is 13.2 Å². The number of anilines is 1. The van der Waals surface area contributed by atoms with Crippen molar-refractivity contribution in [3.63, 3.8) is 0 Å². The highest BCUT2D eigenvalue weighted by Gasteiger charge is 2.38.